The maximum Gasteiger partial charge on any atom is 0.657 e. The van der Waals surface area contributed by atoms with Crippen LogP contribution in [0.25, 0.3) is 0 Å². The average molecular weight is 153 g/mol. The fraction of sp³-hybridized carbons (Fsp3) is 0.500. The van der Waals surface area contributed by atoms with Crippen LogP contribution in [-0.2, 0) is 9.31 Å². The molecule has 3 heteroatoms. The molecule has 0 amide bonds. The van der Waals surface area contributed by atoms with Gasteiger partial charge >= 0.3 is 7.69 Å². The maximum atomic E-state index is 4.84. The zero-order chi connectivity index (χ0) is 8.36. The van der Waals surface area contributed by atoms with E-state index in [1.54, 1.807) is 12.5 Å². The van der Waals surface area contributed by atoms with Crippen molar-refractivity contribution in [3.8, 4) is 0 Å². The molecule has 0 saturated heterocycles. The van der Waals surface area contributed by atoms with Gasteiger partial charge < -0.3 is 9.31 Å². The van der Waals surface area contributed by atoms with Gasteiger partial charge in [-0.25, -0.2) is 0 Å². The first kappa shape index (κ1) is 10.1. The Hall–Kier alpha value is -0.855. The number of hydrogen-bond acceptors (Lipinski definition) is 2. The molecule has 0 aliphatic carbocycles. The van der Waals surface area contributed by atoms with Crippen molar-refractivity contribution in [2.75, 3.05) is 0 Å². The van der Waals surface area contributed by atoms with Crippen LogP contribution < -0.4 is 0 Å². The van der Waals surface area contributed by atoms with Gasteiger partial charge in [0.1, 0.15) is 0 Å². The van der Waals surface area contributed by atoms with Crippen LogP contribution in [0.15, 0.2) is 24.7 Å². The largest absolute Gasteiger partial charge is 0.657 e. The van der Waals surface area contributed by atoms with Crippen LogP contribution in [0.2, 0.25) is 0 Å². The van der Waals surface area contributed by atoms with Gasteiger partial charge in [0.2, 0.25) is 0 Å². The molecule has 0 aliphatic heterocycles. The number of allylic oxidation sites excluding steroid dienone is 2. The molecule has 1 radical (unpaired) electrons. The summed E-state index contributed by atoms with van der Waals surface area (Å²) >= 11 is 0. The summed E-state index contributed by atoms with van der Waals surface area (Å²) in [6.45, 7) is 4.08. The monoisotopic (exact) mass is 153 g/mol. The molecule has 0 aromatic heterocycles. The molecule has 11 heavy (non-hydrogen) atoms. The van der Waals surface area contributed by atoms with Crippen molar-refractivity contribution < 1.29 is 9.31 Å². The quantitative estimate of drug-likeness (QED) is 0.331. The van der Waals surface area contributed by atoms with Crippen molar-refractivity contribution in [1.82, 2.24) is 0 Å². The van der Waals surface area contributed by atoms with Gasteiger partial charge in [0.15, 0.2) is 0 Å². The Morgan fingerprint density at radius 1 is 1.00 bits per heavy atom. The van der Waals surface area contributed by atoms with Crippen LogP contribution >= 0.6 is 0 Å². The van der Waals surface area contributed by atoms with Crippen LogP contribution in [0, 0.1) is 0 Å². The van der Waals surface area contributed by atoms with E-state index in [4.69, 9.17) is 9.31 Å². The highest BCUT2D eigenvalue weighted by atomic mass is 16.6. The van der Waals surface area contributed by atoms with Crippen molar-refractivity contribution in [2.24, 2.45) is 0 Å². The van der Waals surface area contributed by atoms with Gasteiger partial charge in [0, 0.05) is 0 Å². The van der Waals surface area contributed by atoms with E-state index in [9.17, 15) is 0 Å². The van der Waals surface area contributed by atoms with E-state index in [1.807, 2.05) is 26.0 Å². The first-order valence-electron chi connectivity index (χ1n) is 3.84. The molecular weight excluding hydrogens is 139 g/mol. The highest BCUT2D eigenvalue weighted by Crippen LogP contribution is 1.84. The topological polar surface area (TPSA) is 18.5 Å². The second-order valence-corrected chi connectivity index (χ2v) is 1.93. The first-order valence-corrected chi connectivity index (χ1v) is 3.84. The summed E-state index contributed by atoms with van der Waals surface area (Å²) in [7, 11) is 1.29. The van der Waals surface area contributed by atoms with E-state index in [1.165, 1.54) is 7.69 Å². The maximum absolute atomic E-state index is 4.84. The lowest BCUT2D eigenvalue weighted by molar-refractivity contribution is 0.374. The molecule has 0 aromatic carbocycles. The Morgan fingerprint density at radius 3 is 1.82 bits per heavy atom. The fourth-order valence-electron chi connectivity index (χ4n) is 0.400. The standard InChI is InChI=1S/C8H14BO2/c1-3-5-7-10-9-11-8-6-4-2/h5-8H,3-4H2,1-2H3. The van der Waals surface area contributed by atoms with E-state index in [-0.39, 0.29) is 0 Å². The summed E-state index contributed by atoms with van der Waals surface area (Å²) in [5.74, 6) is 0. The minimum absolute atomic E-state index is 0.971. The van der Waals surface area contributed by atoms with Crippen LogP contribution in [-0.4, -0.2) is 7.69 Å². The van der Waals surface area contributed by atoms with E-state index >= 15 is 0 Å². The normalized spacial score (nSPS) is 10.7. The highest BCUT2D eigenvalue weighted by Gasteiger charge is 1.86. The molecule has 0 aliphatic rings. The SMILES string of the molecule is CCC=CO[B]OC=CCC. The molecule has 0 saturated carbocycles. The number of rotatable bonds is 6. The fourth-order valence-corrected chi connectivity index (χ4v) is 0.400. The molecule has 0 bridgehead atoms. The van der Waals surface area contributed by atoms with Crippen molar-refractivity contribution in [3.63, 3.8) is 0 Å². The zero-order valence-electron chi connectivity index (χ0n) is 7.12. The van der Waals surface area contributed by atoms with Gasteiger partial charge in [-0.05, 0) is 12.8 Å². The zero-order valence-corrected chi connectivity index (χ0v) is 7.12. The third kappa shape index (κ3) is 9.14. The lowest BCUT2D eigenvalue weighted by Crippen LogP contribution is -1.93. The predicted molar refractivity (Wildman–Crippen MR) is 46.8 cm³/mol. The Balaban J connectivity index is 3.02. The molecule has 0 fully saturated rings. The third-order valence-corrected chi connectivity index (χ3v) is 0.932. The molecular formula is C8H14BO2. The molecule has 0 N–H and O–H groups in total. The summed E-state index contributed by atoms with van der Waals surface area (Å²) < 4.78 is 9.68. The highest BCUT2D eigenvalue weighted by molar-refractivity contribution is 6.18. The van der Waals surface area contributed by atoms with E-state index < -0.39 is 0 Å². The third-order valence-electron chi connectivity index (χ3n) is 0.932. The Kier molecular flexibility index (Phi) is 8.43. The average Bonchev–Trinajstić information content (AvgIpc) is 2.03. The molecule has 0 spiro atoms. The molecule has 2 nitrogen and oxygen atoms in total. The van der Waals surface area contributed by atoms with Crippen molar-refractivity contribution in [3.05, 3.63) is 24.7 Å². The summed E-state index contributed by atoms with van der Waals surface area (Å²) in [6.07, 6.45) is 8.95. The number of hydrogen-bond donors (Lipinski definition) is 0. The smallest absolute Gasteiger partial charge is 0.533 e. The van der Waals surface area contributed by atoms with Crippen LogP contribution in [0.5, 0.6) is 0 Å². The van der Waals surface area contributed by atoms with Gasteiger partial charge in [0.25, 0.3) is 0 Å². The predicted octanol–water partition coefficient (Wildman–Crippen LogP) is 2.40. The molecule has 0 aromatic rings. The molecule has 0 atom stereocenters. The van der Waals surface area contributed by atoms with Crippen molar-refractivity contribution in [2.45, 2.75) is 26.7 Å². The molecule has 0 heterocycles. The summed E-state index contributed by atoms with van der Waals surface area (Å²) in [4.78, 5) is 0. The van der Waals surface area contributed by atoms with Crippen molar-refractivity contribution >= 4 is 7.69 Å². The van der Waals surface area contributed by atoms with Gasteiger partial charge in [0.05, 0.1) is 12.5 Å². The minimum Gasteiger partial charge on any atom is -0.533 e. The van der Waals surface area contributed by atoms with Gasteiger partial charge in [-0.1, -0.05) is 26.0 Å². The second kappa shape index (κ2) is 9.14. The molecule has 61 valence electrons. The van der Waals surface area contributed by atoms with E-state index in [0.717, 1.165) is 12.8 Å². The van der Waals surface area contributed by atoms with Crippen LogP contribution in [0.3, 0.4) is 0 Å². The minimum atomic E-state index is 0.971. The lowest BCUT2D eigenvalue weighted by atomic mass is 10.4. The summed E-state index contributed by atoms with van der Waals surface area (Å²) in [5, 5.41) is 0. The van der Waals surface area contributed by atoms with E-state index in [0.29, 0.717) is 0 Å². The Bertz CT molecular complexity index is 107. The lowest BCUT2D eigenvalue weighted by Gasteiger charge is -1.94. The Labute approximate surface area is 69.2 Å². The summed E-state index contributed by atoms with van der Waals surface area (Å²) in [6, 6.07) is 0. The van der Waals surface area contributed by atoms with Gasteiger partial charge in [-0.2, -0.15) is 0 Å². The van der Waals surface area contributed by atoms with Gasteiger partial charge in [-0.15, -0.1) is 0 Å². The van der Waals surface area contributed by atoms with Crippen LogP contribution in [0.4, 0.5) is 0 Å². The van der Waals surface area contributed by atoms with Gasteiger partial charge in [-0.3, -0.25) is 0 Å². The Morgan fingerprint density at radius 2 is 1.45 bits per heavy atom. The molecule has 0 unspecified atom stereocenters. The summed E-state index contributed by atoms with van der Waals surface area (Å²) in [5.41, 5.74) is 0. The second-order valence-electron chi connectivity index (χ2n) is 1.93. The van der Waals surface area contributed by atoms with E-state index in [2.05, 4.69) is 0 Å². The first-order chi connectivity index (χ1) is 5.41. The van der Waals surface area contributed by atoms with Crippen molar-refractivity contribution in [1.29, 1.82) is 0 Å². The van der Waals surface area contributed by atoms with Crippen LogP contribution in [0.1, 0.15) is 26.7 Å². The molecule has 0 rings (SSSR count).